The Kier molecular flexibility index (Phi) is 5.91. The van der Waals surface area contributed by atoms with E-state index in [2.05, 4.69) is 10.0 Å². The number of carbonyl (C=O) groups is 1. The van der Waals surface area contributed by atoms with Crippen LogP contribution in [0.25, 0.3) is 0 Å². The predicted octanol–water partition coefficient (Wildman–Crippen LogP) is 4.01. The number of hydrogen-bond donors (Lipinski definition) is 3. The number of furan rings is 1. The van der Waals surface area contributed by atoms with Gasteiger partial charge in [-0.05, 0) is 48.5 Å². The molecule has 1 aromatic heterocycles. The summed E-state index contributed by atoms with van der Waals surface area (Å²) >= 11 is 5.87. The summed E-state index contributed by atoms with van der Waals surface area (Å²) in [5.41, 5.74) is 0.294. The molecule has 3 aromatic rings. The Labute approximate surface area is 167 Å². The smallest absolute Gasteiger partial charge is 0.261 e. The topological polar surface area (TPSA) is 109 Å². The minimum atomic E-state index is -3.94. The maximum Gasteiger partial charge on any atom is 0.261 e. The number of rotatable bonds is 7. The molecule has 9 heteroatoms. The fourth-order valence-corrected chi connectivity index (χ4v) is 3.72. The maximum atomic E-state index is 12.6. The van der Waals surface area contributed by atoms with E-state index in [-0.39, 0.29) is 28.7 Å². The quantitative estimate of drug-likeness (QED) is 0.500. The van der Waals surface area contributed by atoms with Gasteiger partial charge in [-0.2, -0.15) is 0 Å². The lowest BCUT2D eigenvalue weighted by Gasteiger charge is -2.12. The van der Waals surface area contributed by atoms with Crippen molar-refractivity contribution < 1.29 is 22.7 Å². The van der Waals surface area contributed by atoms with Crippen LogP contribution in [-0.2, 0) is 21.2 Å². The Morgan fingerprint density at radius 2 is 1.93 bits per heavy atom. The Morgan fingerprint density at radius 3 is 2.64 bits per heavy atom. The van der Waals surface area contributed by atoms with Gasteiger partial charge in [0.25, 0.3) is 10.0 Å². The van der Waals surface area contributed by atoms with Crippen LogP contribution in [0, 0.1) is 0 Å². The number of amides is 1. The number of carbonyl (C=O) groups excluding carboxylic acids is 1. The lowest BCUT2D eigenvalue weighted by molar-refractivity contribution is -0.116. The van der Waals surface area contributed by atoms with Gasteiger partial charge < -0.3 is 14.8 Å². The summed E-state index contributed by atoms with van der Waals surface area (Å²) in [5.74, 6) is 0.0264. The van der Waals surface area contributed by atoms with Gasteiger partial charge in [0.1, 0.15) is 11.5 Å². The summed E-state index contributed by atoms with van der Waals surface area (Å²) in [5, 5.41) is 12.9. The van der Waals surface area contributed by atoms with Crippen molar-refractivity contribution in [3.8, 4) is 5.75 Å². The van der Waals surface area contributed by atoms with Crippen LogP contribution >= 0.6 is 11.6 Å². The molecule has 146 valence electrons. The van der Waals surface area contributed by atoms with Crippen LogP contribution in [0.3, 0.4) is 0 Å². The van der Waals surface area contributed by atoms with Crippen molar-refractivity contribution in [3.05, 3.63) is 71.6 Å². The molecule has 0 spiro atoms. The third kappa shape index (κ3) is 5.05. The fraction of sp³-hybridized carbons (Fsp3) is 0.105. The van der Waals surface area contributed by atoms with Crippen LogP contribution in [0.2, 0.25) is 5.02 Å². The highest BCUT2D eigenvalue weighted by Gasteiger charge is 2.17. The number of benzene rings is 2. The zero-order valence-electron chi connectivity index (χ0n) is 14.6. The lowest BCUT2D eigenvalue weighted by atomic mass is 10.2. The van der Waals surface area contributed by atoms with Crippen LogP contribution in [0.4, 0.5) is 11.4 Å². The minimum Gasteiger partial charge on any atom is -0.506 e. The average molecular weight is 421 g/mol. The first-order valence-electron chi connectivity index (χ1n) is 8.27. The summed E-state index contributed by atoms with van der Waals surface area (Å²) in [6.07, 6.45) is 2.01. The van der Waals surface area contributed by atoms with Gasteiger partial charge in [0.05, 0.1) is 22.5 Å². The van der Waals surface area contributed by atoms with Crippen molar-refractivity contribution in [3.63, 3.8) is 0 Å². The second-order valence-electron chi connectivity index (χ2n) is 5.92. The number of aryl methyl sites for hydroxylation is 1. The van der Waals surface area contributed by atoms with Gasteiger partial charge in [-0.1, -0.05) is 17.7 Å². The van der Waals surface area contributed by atoms with Gasteiger partial charge in [0.15, 0.2) is 0 Å². The van der Waals surface area contributed by atoms with Gasteiger partial charge in [-0.15, -0.1) is 0 Å². The van der Waals surface area contributed by atoms with Gasteiger partial charge >= 0.3 is 0 Å². The Morgan fingerprint density at radius 1 is 1.11 bits per heavy atom. The number of halogens is 1. The lowest BCUT2D eigenvalue weighted by Crippen LogP contribution is -2.15. The normalized spacial score (nSPS) is 11.2. The summed E-state index contributed by atoms with van der Waals surface area (Å²) in [4.78, 5) is 12.0. The molecular weight excluding hydrogens is 404 g/mol. The van der Waals surface area contributed by atoms with Gasteiger partial charge in [0.2, 0.25) is 5.91 Å². The van der Waals surface area contributed by atoms with Crippen molar-refractivity contribution in [2.24, 2.45) is 0 Å². The summed E-state index contributed by atoms with van der Waals surface area (Å²) < 4.78 is 32.7. The number of sulfonamides is 1. The molecule has 28 heavy (non-hydrogen) atoms. The summed E-state index contributed by atoms with van der Waals surface area (Å²) in [7, 11) is -3.94. The average Bonchev–Trinajstić information content (AvgIpc) is 3.15. The first-order chi connectivity index (χ1) is 13.3. The SMILES string of the molecule is O=C(CCc1ccco1)Nc1cc(S(=O)(=O)Nc2cccc(Cl)c2)ccc1O. The Bertz CT molecular complexity index is 1080. The van der Waals surface area contributed by atoms with E-state index in [0.29, 0.717) is 22.9 Å². The van der Waals surface area contributed by atoms with Crippen LogP contribution in [0.15, 0.2) is 70.2 Å². The monoisotopic (exact) mass is 420 g/mol. The zero-order chi connectivity index (χ0) is 20.1. The molecule has 0 bridgehead atoms. The molecule has 0 unspecified atom stereocenters. The van der Waals surface area contributed by atoms with E-state index >= 15 is 0 Å². The molecule has 0 saturated carbocycles. The van der Waals surface area contributed by atoms with Gasteiger partial charge in [-0.3, -0.25) is 9.52 Å². The number of anilines is 2. The number of aromatic hydroxyl groups is 1. The maximum absolute atomic E-state index is 12.6. The van der Waals surface area contributed by atoms with E-state index in [9.17, 15) is 18.3 Å². The van der Waals surface area contributed by atoms with E-state index in [4.69, 9.17) is 16.0 Å². The van der Waals surface area contributed by atoms with Crippen molar-refractivity contribution in [2.45, 2.75) is 17.7 Å². The molecule has 0 saturated heterocycles. The standard InChI is InChI=1S/C19H17ClN2O5S/c20-13-3-1-4-14(11-13)22-28(25,26)16-7-8-18(23)17(12-16)21-19(24)9-6-15-5-2-10-27-15/h1-5,7-8,10-12,22-23H,6,9H2,(H,21,24). The molecule has 0 fully saturated rings. The van der Waals surface area contributed by atoms with Crippen molar-refractivity contribution >= 4 is 38.9 Å². The molecule has 0 atom stereocenters. The minimum absolute atomic E-state index is 0.00147. The van der Waals surface area contributed by atoms with Crippen LogP contribution in [-0.4, -0.2) is 19.4 Å². The van der Waals surface area contributed by atoms with E-state index < -0.39 is 10.0 Å². The van der Waals surface area contributed by atoms with Crippen LogP contribution in [0.1, 0.15) is 12.2 Å². The molecule has 1 amide bonds. The summed E-state index contributed by atoms with van der Waals surface area (Å²) in [6, 6.07) is 13.4. The molecule has 3 rings (SSSR count). The molecule has 2 aromatic carbocycles. The second kappa shape index (κ2) is 8.37. The first kappa shape index (κ1) is 19.8. The number of nitrogens with one attached hydrogen (secondary N) is 2. The van der Waals surface area contributed by atoms with E-state index in [1.165, 1.54) is 30.5 Å². The zero-order valence-corrected chi connectivity index (χ0v) is 16.1. The summed E-state index contributed by atoms with van der Waals surface area (Å²) in [6.45, 7) is 0. The highest BCUT2D eigenvalue weighted by atomic mass is 35.5. The fourth-order valence-electron chi connectivity index (χ4n) is 2.45. The predicted molar refractivity (Wildman–Crippen MR) is 106 cm³/mol. The van der Waals surface area contributed by atoms with Crippen molar-refractivity contribution in [1.29, 1.82) is 0 Å². The van der Waals surface area contributed by atoms with E-state index in [1.54, 1.807) is 30.3 Å². The molecular formula is C19H17ClN2O5S. The second-order valence-corrected chi connectivity index (χ2v) is 8.04. The third-order valence-electron chi connectivity index (χ3n) is 3.81. The Hall–Kier alpha value is -2.97. The van der Waals surface area contributed by atoms with Crippen LogP contribution < -0.4 is 10.0 Å². The number of phenolic OH excluding ortho intramolecular Hbond substituents is 1. The van der Waals surface area contributed by atoms with Gasteiger partial charge in [0, 0.05) is 17.9 Å². The molecule has 1 heterocycles. The molecule has 0 aliphatic carbocycles. The molecule has 0 aliphatic heterocycles. The molecule has 3 N–H and O–H groups in total. The largest absolute Gasteiger partial charge is 0.506 e. The van der Waals surface area contributed by atoms with Crippen LogP contribution in [0.5, 0.6) is 5.75 Å². The highest BCUT2D eigenvalue weighted by Crippen LogP contribution is 2.28. The molecule has 0 aliphatic rings. The number of hydrogen-bond acceptors (Lipinski definition) is 5. The molecule has 7 nitrogen and oxygen atoms in total. The Balaban J connectivity index is 1.73. The number of phenols is 1. The van der Waals surface area contributed by atoms with Crippen molar-refractivity contribution in [1.82, 2.24) is 0 Å². The van der Waals surface area contributed by atoms with E-state index in [0.717, 1.165) is 0 Å². The first-order valence-corrected chi connectivity index (χ1v) is 10.1. The van der Waals surface area contributed by atoms with Gasteiger partial charge in [-0.25, -0.2) is 8.42 Å². The highest BCUT2D eigenvalue weighted by molar-refractivity contribution is 7.92. The van der Waals surface area contributed by atoms with Crippen molar-refractivity contribution in [2.75, 3.05) is 10.0 Å². The third-order valence-corrected chi connectivity index (χ3v) is 5.42. The van der Waals surface area contributed by atoms with E-state index in [1.807, 2.05) is 0 Å². The molecule has 0 radical (unpaired) electrons.